The SMILES string of the molecule is CN(CCc1ccncc1)CCn1c(=O)oc2cccnc21. The topological polar surface area (TPSA) is 64.2 Å². The summed E-state index contributed by atoms with van der Waals surface area (Å²) in [5.41, 5.74) is 2.40. The van der Waals surface area contributed by atoms with Gasteiger partial charge >= 0.3 is 5.76 Å². The van der Waals surface area contributed by atoms with Crippen LogP contribution >= 0.6 is 0 Å². The summed E-state index contributed by atoms with van der Waals surface area (Å²) in [6.45, 7) is 2.24. The summed E-state index contributed by atoms with van der Waals surface area (Å²) in [6, 6.07) is 7.56. The predicted molar refractivity (Wildman–Crippen MR) is 83.7 cm³/mol. The van der Waals surface area contributed by atoms with E-state index in [0.717, 1.165) is 19.5 Å². The summed E-state index contributed by atoms with van der Waals surface area (Å²) < 4.78 is 6.76. The van der Waals surface area contributed by atoms with E-state index in [1.807, 2.05) is 19.2 Å². The van der Waals surface area contributed by atoms with E-state index in [0.29, 0.717) is 17.8 Å². The molecule has 0 amide bonds. The highest BCUT2D eigenvalue weighted by atomic mass is 16.4. The van der Waals surface area contributed by atoms with E-state index < -0.39 is 0 Å². The Kier molecular flexibility index (Phi) is 4.29. The minimum absolute atomic E-state index is 0.351. The Balaban J connectivity index is 1.59. The molecule has 0 atom stereocenters. The molecule has 3 rings (SSSR count). The first-order valence-corrected chi connectivity index (χ1v) is 7.26. The first-order chi connectivity index (χ1) is 10.7. The molecule has 0 fully saturated rings. The van der Waals surface area contributed by atoms with E-state index in [1.165, 1.54) is 5.56 Å². The zero-order valence-electron chi connectivity index (χ0n) is 12.5. The standard InChI is InChI=1S/C16H18N4O2/c1-19(10-6-13-4-8-17-9-5-13)11-12-20-15-14(22-16(20)21)3-2-7-18-15/h2-5,7-9H,6,10-12H2,1H3. The van der Waals surface area contributed by atoms with Crippen molar-refractivity contribution in [3.8, 4) is 0 Å². The summed E-state index contributed by atoms with van der Waals surface area (Å²) >= 11 is 0. The van der Waals surface area contributed by atoms with Crippen molar-refractivity contribution in [1.29, 1.82) is 0 Å². The molecule has 0 aliphatic rings. The van der Waals surface area contributed by atoms with Crippen molar-refractivity contribution in [1.82, 2.24) is 19.4 Å². The molecule has 0 N–H and O–H groups in total. The first kappa shape index (κ1) is 14.5. The third kappa shape index (κ3) is 3.23. The molecule has 6 nitrogen and oxygen atoms in total. The number of fused-ring (bicyclic) bond motifs is 1. The van der Waals surface area contributed by atoms with E-state index in [9.17, 15) is 4.79 Å². The van der Waals surface area contributed by atoms with E-state index in [1.54, 1.807) is 35.3 Å². The summed E-state index contributed by atoms with van der Waals surface area (Å²) in [5.74, 6) is -0.351. The predicted octanol–water partition coefficient (Wildman–Crippen LogP) is 1.56. The molecule has 3 aromatic rings. The van der Waals surface area contributed by atoms with Crippen molar-refractivity contribution in [2.75, 3.05) is 20.1 Å². The molecular weight excluding hydrogens is 280 g/mol. The molecule has 0 saturated carbocycles. The largest absolute Gasteiger partial charge is 0.421 e. The third-order valence-corrected chi connectivity index (χ3v) is 3.66. The number of nitrogens with zero attached hydrogens (tertiary/aromatic N) is 4. The second-order valence-corrected chi connectivity index (χ2v) is 5.25. The van der Waals surface area contributed by atoms with Gasteiger partial charge in [0.15, 0.2) is 11.2 Å². The Labute approximate surface area is 128 Å². The number of hydrogen-bond acceptors (Lipinski definition) is 5. The smallest absolute Gasteiger partial charge is 0.406 e. The Morgan fingerprint density at radius 1 is 1.18 bits per heavy atom. The normalized spacial score (nSPS) is 11.4. The monoisotopic (exact) mass is 298 g/mol. The lowest BCUT2D eigenvalue weighted by molar-refractivity contribution is 0.318. The molecule has 3 aromatic heterocycles. The second-order valence-electron chi connectivity index (χ2n) is 5.25. The van der Waals surface area contributed by atoms with Crippen LogP contribution in [0.5, 0.6) is 0 Å². The fourth-order valence-corrected chi connectivity index (χ4v) is 2.35. The van der Waals surface area contributed by atoms with Gasteiger partial charge in [-0.25, -0.2) is 9.78 Å². The lowest BCUT2D eigenvalue weighted by atomic mass is 10.2. The number of oxazole rings is 1. The van der Waals surface area contributed by atoms with Crippen molar-refractivity contribution in [2.45, 2.75) is 13.0 Å². The molecule has 114 valence electrons. The summed E-state index contributed by atoms with van der Waals surface area (Å²) in [4.78, 5) is 22.3. The van der Waals surface area contributed by atoms with Gasteiger partial charge in [0.2, 0.25) is 0 Å². The molecule has 0 radical (unpaired) electrons. The summed E-state index contributed by atoms with van der Waals surface area (Å²) in [7, 11) is 2.04. The van der Waals surface area contributed by atoms with Crippen molar-refractivity contribution in [3.63, 3.8) is 0 Å². The Morgan fingerprint density at radius 2 is 2.00 bits per heavy atom. The minimum Gasteiger partial charge on any atom is -0.406 e. The van der Waals surface area contributed by atoms with Crippen LogP contribution in [0.2, 0.25) is 0 Å². The van der Waals surface area contributed by atoms with E-state index in [-0.39, 0.29) is 5.76 Å². The van der Waals surface area contributed by atoms with E-state index >= 15 is 0 Å². The third-order valence-electron chi connectivity index (χ3n) is 3.66. The van der Waals surface area contributed by atoms with Crippen LogP contribution in [-0.4, -0.2) is 39.6 Å². The number of pyridine rings is 2. The number of likely N-dealkylation sites (N-methyl/N-ethyl adjacent to an activating group) is 1. The van der Waals surface area contributed by atoms with Gasteiger partial charge < -0.3 is 9.32 Å². The van der Waals surface area contributed by atoms with Gasteiger partial charge in [-0.3, -0.25) is 9.55 Å². The van der Waals surface area contributed by atoms with Crippen LogP contribution < -0.4 is 5.76 Å². The van der Waals surface area contributed by atoms with Crippen LogP contribution in [0.25, 0.3) is 11.2 Å². The molecule has 22 heavy (non-hydrogen) atoms. The van der Waals surface area contributed by atoms with Crippen LogP contribution in [0.4, 0.5) is 0 Å². The van der Waals surface area contributed by atoms with Gasteiger partial charge in [-0.2, -0.15) is 0 Å². The van der Waals surface area contributed by atoms with Crippen LogP contribution in [0.15, 0.2) is 52.1 Å². The average Bonchev–Trinajstić information content (AvgIpc) is 2.87. The quantitative estimate of drug-likeness (QED) is 0.691. The van der Waals surface area contributed by atoms with Crippen molar-refractivity contribution in [2.24, 2.45) is 0 Å². The van der Waals surface area contributed by atoms with E-state index in [4.69, 9.17) is 4.42 Å². The number of aromatic nitrogens is 3. The highest BCUT2D eigenvalue weighted by molar-refractivity contribution is 5.67. The van der Waals surface area contributed by atoms with Crippen molar-refractivity contribution in [3.05, 3.63) is 59.0 Å². The van der Waals surface area contributed by atoms with Crippen LogP contribution in [-0.2, 0) is 13.0 Å². The summed E-state index contributed by atoms with van der Waals surface area (Å²) in [6.07, 6.45) is 6.23. The van der Waals surface area contributed by atoms with Gasteiger partial charge in [0.05, 0.1) is 0 Å². The average molecular weight is 298 g/mol. The van der Waals surface area contributed by atoms with Crippen LogP contribution in [0.1, 0.15) is 5.56 Å². The van der Waals surface area contributed by atoms with Crippen LogP contribution in [0.3, 0.4) is 0 Å². The minimum atomic E-state index is -0.351. The first-order valence-electron chi connectivity index (χ1n) is 7.26. The highest BCUT2D eigenvalue weighted by Gasteiger charge is 2.10. The Bertz CT molecular complexity index is 795. The zero-order valence-corrected chi connectivity index (χ0v) is 12.5. The molecule has 0 saturated heterocycles. The van der Waals surface area contributed by atoms with Crippen LogP contribution in [0, 0.1) is 0 Å². The summed E-state index contributed by atoms with van der Waals surface area (Å²) in [5, 5.41) is 0. The van der Waals surface area contributed by atoms with Gasteiger partial charge in [-0.15, -0.1) is 0 Å². The molecule has 0 unspecified atom stereocenters. The molecular formula is C16H18N4O2. The second kappa shape index (κ2) is 6.53. The van der Waals surface area contributed by atoms with Gasteiger partial charge in [0.1, 0.15) is 0 Å². The number of rotatable bonds is 6. The molecule has 0 spiro atoms. The lowest BCUT2D eigenvalue weighted by Crippen LogP contribution is -2.28. The Morgan fingerprint density at radius 3 is 2.82 bits per heavy atom. The van der Waals surface area contributed by atoms with Gasteiger partial charge in [0.25, 0.3) is 0 Å². The van der Waals surface area contributed by atoms with Gasteiger partial charge in [0, 0.05) is 38.2 Å². The highest BCUT2D eigenvalue weighted by Crippen LogP contribution is 2.08. The molecule has 0 aliphatic heterocycles. The lowest BCUT2D eigenvalue weighted by Gasteiger charge is -2.16. The molecule has 6 heteroatoms. The van der Waals surface area contributed by atoms with Gasteiger partial charge in [-0.05, 0) is 43.3 Å². The van der Waals surface area contributed by atoms with Gasteiger partial charge in [-0.1, -0.05) is 0 Å². The zero-order chi connectivity index (χ0) is 15.4. The maximum absolute atomic E-state index is 11.9. The molecule has 3 heterocycles. The fourth-order valence-electron chi connectivity index (χ4n) is 2.35. The number of hydrogen-bond donors (Lipinski definition) is 0. The molecule has 0 aliphatic carbocycles. The molecule has 0 aromatic carbocycles. The van der Waals surface area contributed by atoms with Crippen molar-refractivity contribution < 1.29 is 4.42 Å². The maximum atomic E-state index is 11.9. The van der Waals surface area contributed by atoms with Crippen molar-refractivity contribution >= 4 is 11.2 Å². The fraction of sp³-hybridized carbons (Fsp3) is 0.312. The van der Waals surface area contributed by atoms with E-state index in [2.05, 4.69) is 14.9 Å². The maximum Gasteiger partial charge on any atom is 0.421 e. The molecule has 0 bridgehead atoms. The Hall–Kier alpha value is -2.47.